The largest absolute Gasteiger partial charge is 0.497 e. The van der Waals surface area contributed by atoms with E-state index in [9.17, 15) is 9.59 Å². The van der Waals surface area contributed by atoms with Gasteiger partial charge in [-0.2, -0.15) is 0 Å². The molecule has 35 heavy (non-hydrogen) atoms. The van der Waals surface area contributed by atoms with Gasteiger partial charge in [-0.15, -0.1) is 0 Å². The molecule has 1 amide bonds. The van der Waals surface area contributed by atoms with Crippen LogP contribution in [0.25, 0.3) is 0 Å². The maximum Gasteiger partial charge on any atom is 0.303 e. The third-order valence-corrected chi connectivity index (χ3v) is 6.40. The van der Waals surface area contributed by atoms with E-state index >= 15 is 0 Å². The molecule has 2 atom stereocenters. The number of carboxylic acid groups (broad SMARTS) is 1. The first kappa shape index (κ1) is 28.2. The summed E-state index contributed by atoms with van der Waals surface area (Å²) in [6.07, 6.45) is 4.55. The van der Waals surface area contributed by atoms with Gasteiger partial charge in [0, 0.05) is 18.2 Å². The normalized spacial score (nSPS) is 13.1. The molecule has 2 aromatic carbocycles. The van der Waals surface area contributed by atoms with Crippen molar-refractivity contribution in [2.45, 2.75) is 72.1 Å². The lowest BCUT2D eigenvalue weighted by atomic mass is 9.68. The Hall–Kier alpha value is -3.02. The SMILES string of the molecule is CCCCCC(c1ccc(OC)cc1OC)C(C(=O)Nc1cccc(CCC(=O)O)c1)C(C)(C)C. The number of aliphatic carboxylic acids is 1. The zero-order valence-electron chi connectivity index (χ0n) is 22.0. The summed E-state index contributed by atoms with van der Waals surface area (Å²) in [7, 11) is 3.28. The van der Waals surface area contributed by atoms with Gasteiger partial charge in [-0.3, -0.25) is 9.59 Å². The Morgan fingerprint density at radius 1 is 1.03 bits per heavy atom. The van der Waals surface area contributed by atoms with Gasteiger partial charge in [-0.05, 0) is 53.5 Å². The van der Waals surface area contributed by atoms with E-state index in [0.29, 0.717) is 17.9 Å². The lowest BCUT2D eigenvalue weighted by molar-refractivity contribution is -0.137. The first-order valence-corrected chi connectivity index (χ1v) is 12.4. The van der Waals surface area contributed by atoms with Crippen LogP contribution in [-0.2, 0) is 16.0 Å². The van der Waals surface area contributed by atoms with Gasteiger partial charge in [0.15, 0.2) is 0 Å². The molecule has 6 nitrogen and oxygen atoms in total. The van der Waals surface area contributed by atoms with Crippen LogP contribution in [0, 0.1) is 11.3 Å². The van der Waals surface area contributed by atoms with Crippen molar-refractivity contribution in [1.82, 2.24) is 0 Å². The van der Waals surface area contributed by atoms with Crippen molar-refractivity contribution < 1.29 is 24.2 Å². The van der Waals surface area contributed by atoms with E-state index in [1.165, 1.54) is 0 Å². The molecular weight excluding hydrogens is 442 g/mol. The van der Waals surface area contributed by atoms with Crippen LogP contribution in [0.4, 0.5) is 5.69 Å². The van der Waals surface area contributed by atoms with E-state index in [0.717, 1.165) is 42.6 Å². The van der Waals surface area contributed by atoms with Gasteiger partial charge in [-0.1, -0.05) is 65.2 Å². The molecule has 2 rings (SSSR count). The number of rotatable bonds is 13. The molecule has 0 aliphatic rings. The van der Waals surface area contributed by atoms with Crippen molar-refractivity contribution in [1.29, 1.82) is 0 Å². The first-order chi connectivity index (χ1) is 16.6. The van der Waals surface area contributed by atoms with Crippen LogP contribution in [-0.4, -0.2) is 31.2 Å². The van der Waals surface area contributed by atoms with Gasteiger partial charge in [0.05, 0.1) is 20.1 Å². The number of carbonyl (C=O) groups is 2. The van der Waals surface area contributed by atoms with E-state index in [1.54, 1.807) is 14.2 Å². The topological polar surface area (TPSA) is 84.9 Å². The molecule has 2 unspecified atom stereocenters. The molecule has 0 spiro atoms. The fourth-order valence-electron chi connectivity index (χ4n) is 4.70. The number of ether oxygens (including phenoxy) is 2. The van der Waals surface area contributed by atoms with Crippen LogP contribution >= 0.6 is 0 Å². The van der Waals surface area contributed by atoms with Crippen LogP contribution in [0.2, 0.25) is 0 Å². The molecule has 192 valence electrons. The highest BCUT2D eigenvalue weighted by Crippen LogP contribution is 2.45. The Morgan fingerprint density at radius 2 is 1.77 bits per heavy atom. The minimum atomic E-state index is -0.837. The summed E-state index contributed by atoms with van der Waals surface area (Å²) in [5, 5.41) is 12.1. The maximum absolute atomic E-state index is 13.8. The second-order valence-electron chi connectivity index (χ2n) is 10.1. The number of hydrogen-bond acceptors (Lipinski definition) is 4. The molecule has 0 heterocycles. The lowest BCUT2D eigenvalue weighted by Gasteiger charge is -2.37. The molecule has 0 aliphatic heterocycles. The summed E-state index contributed by atoms with van der Waals surface area (Å²) in [4.78, 5) is 24.8. The number of unbranched alkanes of at least 4 members (excludes halogenated alkanes) is 2. The van der Waals surface area contributed by atoms with Crippen LogP contribution in [0.3, 0.4) is 0 Å². The predicted molar refractivity (Wildman–Crippen MR) is 140 cm³/mol. The Balaban J connectivity index is 2.43. The number of hydrogen-bond donors (Lipinski definition) is 2. The summed E-state index contributed by atoms with van der Waals surface area (Å²) >= 11 is 0. The fourth-order valence-corrected chi connectivity index (χ4v) is 4.70. The van der Waals surface area contributed by atoms with Crippen LogP contribution < -0.4 is 14.8 Å². The fraction of sp³-hybridized carbons (Fsp3) is 0.517. The average Bonchev–Trinajstić information content (AvgIpc) is 2.81. The molecule has 0 aromatic heterocycles. The number of anilines is 1. The Kier molecular flexibility index (Phi) is 10.6. The smallest absolute Gasteiger partial charge is 0.303 e. The summed E-state index contributed by atoms with van der Waals surface area (Å²) in [5.74, 6) is 0.196. The lowest BCUT2D eigenvalue weighted by Crippen LogP contribution is -2.38. The monoisotopic (exact) mass is 483 g/mol. The number of benzene rings is 2. The van der Waals surface area contributed by atoms with E-state index in [1.807, 2.05) is 42.5 Å². The molecule has 0 fully saturated rings. The number of amides is 1. The summed E-state index contributed by atoms with van der Waals surface area (Å²) in [6, 6.07) is 13.3. The molecule has 0 saturated carbocycles. The first-order valence-electron chi connectivity index (χ1n) is 12.4. The van der Waals surface area contributed by atoms with E-state index < -0.39 is 5.97 Å². The van der Waals surface area contributed by atoms with Crippen molar-refractivity contribution >= 4 is 17.6 Å². The molecule has 6 heteroatoms. The third kappa shape index (κ3) is 8.30. The third-order valence-electron chi connectivity index (χ3n) is 6.40. The van der Waals surface area contributed by atoms with Crippen molar-refractivity contribution in [3.05, 3.63) is 53.6 Å². The number of aryl methyl sites for hydroxylation is 1. The van der Waals surface area contributed by atoms with Gasteiger partial charge in [0.25, 0.3) is 0 Å². The molecule has 0 saturated heterocycles. The Bertz CT molecular complexity index is 979. The van der Waals surface area contributed by atoms with Crippen molar-refractivity contribution in [3.8, 4) is 11.5 Å². The molecule has 0 radical (unpaired) electrons. The van der Waals surface area contributed by atoms with Gasteiger partial charge < -0.3 is 19.9 Å². The second kappa shape index (κ2) is 13.2. The zero-order chi connectivity index (χ0) is 26.0. The highest BCUT2D eigenvalue weighted by Gasteiger charge is 2.39. The highest BCUT2D eigenvalue weighted by molar-refractivity contribution is 5.94. The summed E-state index contributed by atoms with van der Waals surface area (Å²) < 4.78 is 11.1. The predicted octanol–water partition coefficient (Wildman–Crippen LogP) is 6.69. The van der Waals surface area contributed by atoms with Gasteiger partial charge >= 0.3 is 5.97 Å². The highest BCUT2D eigenvalue weighted by atomic mass is 16.5. The Labute approximate surface area is 210 Å². The van der Waals surface area contributed by atoms with Gasteiger partial charge in [-0.25, -0.2) is 0 Å². The molecule has 2 aromatic rings. The van der Waals surface area contributed by atoms with Crippen LogP contribution in [0.15, 0.2) is 42.5 Å². The molecule has 2 N–H and O–H groups in total. The summed E-state index contributed by atoms with van der Waals surface area (Å²) in [6.45, 7) is 8.48. The molecular formula is C29H41NO5. The van der Waals surface area contributed by atoms with Gasteiger partial charge in [0.1, 0.15) is 11.5 Å². The zero-order valence-corrected chi connectivity index (χ0v) is 22.0. The van der Waals surface area contributed by atoms with Crippen molar-refractivity contribution in [3.63, 3.8) is 0 Å². The molecule has 0 bridgehead atoms. The van der Waals surface area contributed by atoms with Crippen molar-refractivity contribution in [2.75, 3.05) is 19.5 Å². The minimum absolute atomic E-state index is 0.0439. The van der Waals surface area contributed by atoms with Gasteiger partial charge in [0.2, 0.25) is 5.91 Å². The van der Waals surface area contributed by atoms with E-state index in [4.69, 9.17) is 14.6 Å². The maximum atomic E-state index is 13.8. The van der Waals surface area contributed by atoms with Crippen molar-refractivity contribution in [2.24, 2.45) is 11.3 Å². The minimum Gasteiger partial charge on any atom is -0.497 e. The quantitative estimate of drug-likeness (QED) is 0.310. The average molecular weight is 484 g/mol. The van der Waals surface area contributed by atoms with Crippen LogP contribution in [0.1, 0.15) is 76.8 Å². The van der Waals surface area contributed by atoms with E-state index in [-0.39, 0.29) is 29.6 Å². The van der Waals surface area contributed by atoms with Crippen LogP contribution in [0.5, 0.6) is 11.5 Å². The second-order valence-corrected chi connectivity index (χ2v) is 10.1. The summed E-state index contributed by atoms with van der Waals surface area (Å²) in [5.41, 5.74) is 2.26. The standard InChI is InChI=1S/C29H41NO5/c1-7-8-9-13-24(23-16-15-22(34-5)19-25(23)35-6)27(29(2,3)4)28(33)30-21-12-10-11-20(18-21)14-17-26(31)32/h10-12,15-16,18-19,24,27H,7-9,13-14,17H2,1-6H3,(H,30,33)(H,31,32). The Morgan fingerprint density at radius 3 is 2.37 bits per heavy atom. The number of methoxy groups -OCH3 is 2. The van der Waals surface area contributed by atoms with E-state index in [2.05, 4.69) is 33.0 Å². The number of nitrogens with one attached hydrogen (secondary N) is 1. The number of carbonyl (C=O) groups excluding carboxylic acids is 1. The molecule has 0 aliphatic carbocycles. The number of carboxylic acids is 1.